The molecule has 24 heterocycles. The van der Waals surface area contributed by atoms with Crippen molar-refractivity contribution in [2.24, 2.45) is 0 Å². The Morgan fingerprint density at radius 2 is 0.295 bits per heavy atom. The van der Waals surface area contributed by atoms with Gasteiger partial charge in [0.2, 0.25) is 0 Å². The predicted molar refractivity (Wildman–Crippen MR) is 273 cm³/mol. The van der Waals surface area contributed by atoms with Gasteiger partial charge in [0.15, 0.2) is 0 Å². The minimum atomic E-state index is -0.999. The summed E-state index contributed by atoms with van der Waals surface area (Å²) in [5, 5.41) is 0.685. The first kappa shape index (κ1) is 45.2. The third kappa shape index (κ3) is 5.32. The van der Waals surface area contributed by atoms with E-state index < -0.39 is 107 Å². The molecule has 0 aromatic heterocycles. The first-order chi connectivity index (χ1) is 37.8. The summed E-state index contributed by atoms with van der Waals surface area (Å²) in [5.41, 5.74) is 0.523. The predicted octanol–water partition coefficient (Wildman–Crippen LogP) is 7.07. The van der Waals surface area contributed by atoms with E-state index in [1.54, 1.807) is 0 Å². The van der Waals surface area contributed by atoms with Crippen molar-refractivity contribution in [2.45, 2.75) is 113 Å². The molecule has 78 heavy (non-hydrogen) atoms. The van der Waals surface area contributed by atoms with Crippen molar-refractivity contribution >= 4 is 103 Å². The second kappa shape index (κ2) is 15.3. The lowest BCUT2D eigenvalue weighted by Gasteiger charge is -2.47. The number of hydrogen-bond donors (Lipinski definition) is 0. The van der Waals surface area contributed by atoms with Crippen molar-refractivity contribution in [1.82, 2.24) is 29.4 Å². The van der Waals surface area contributed by atoms with E-state index in [9.17, 15) is 0 Å². The minimum absolute atomic E-state index is 0.0436. The topological polar surface area (TPSA) is 224 Å². The fourth-order valence-electron chi connectivity index (χ4n) is 15.6. The molecule has 0 radical (unpaired) electrons. The molecule has 27 aliphatic rings. The van der Waals surface area contributed by atoms with Crippen LogP contribution in [0.4, 0.5) is 0 Å². The molecule has 0 spiro atoms. The van der Waals surface area contributed by atoms with Crippen LogP contribution in [0.25, 0.3) is 32.3 Å². The molecule has 6 aromatic carbocycles. The SMILES string of the molecule is O=C1c2ccc3c4c5ccc(c24)C(=O)N1[C@H]1CCCC[C@@H]1N1C(=O)c2ccc4c6c(ccc(c26)C1=O)C(=O)N(C4=O)[C@H]1CCCC[C@@H]1N1C(=O)c2ccc4c6c(ccc(c26)C1=O)C(=O)N(C4=O)[C@H]1CCCC[C@@H]1N(C3=O)C5=O. The summed E-state index contributed by atoms with van der Waals surface area (Å²) in [6.07, 6.45) is 4.74. The maximum absolute atomic E-state index is 15.1. The Morgan fingerprint density at radius 1 is 0.192 bits per heavy atom. The number of carbonyl (C=O) groups excluding carboxylic acids is 12. The van der Waals surface area contributed by atoms with Crippen molar-refractivity contribution < 1.29 is 57.5 Å². The van der Waals surface area contributed by atoms with Gasteiger partial charge in [0.1, 0.15) is 0 Å². The molecule has 3 aliphatic carbocycles. The molecule has 24 bridgehead atoms. The minimum Gasteiger partial charge on any atom is -0.269 e. The van der Waals surface area contributed by atoms with E-state index in [0.717, 1.165) is 29.4 Å². The maximum atomic E-state index is 15.1. The van der Waals surface area contributed by atoms with Crippen molar-refractivity contribution in [2.75, 3.05) is 0 Å². The van der Waals surface area contributed by atoms with Crippen LogP contribution in [0.15, 0.2) is 72.8 Å². The van der Waals surface area contributed by atoms with Gasteiger partial charge in [-0.15, -0.1) is 0 Å². The molecule has 18 heteroatoms. The molecule has 24 aliphatic heterocycles. The molecule has 3 saturated carbocycles. The molecular formula is C60H42N6O12. The molecule has 6 aromatic rings. The zero-order valence-corrected chi connectivity index (χ0v) is 41.5. The van der Waals surface area contributed by atoms with Crippen LogP contribution in [0.3, 0.4) is 0 Å². The fourth-order valence-corrected chi connectivity index (χ4v) is 15.6. The highest BCUT2D eigenvalue weighted by molar-refractivity contribution is 6.37. The molecule has 33 rings (SSSR count). The van der Waals surface area contributed by atoms with Crippen LogP contribution >= 0.6 is 0 Å². The third-order valence-corrected chi connectivity index (χ3v) is 18.9. The van der Waals surface area contributed by atoms with Gasteiger partial charge in [-0.3, -0.25) is 86.9 Å². The van der Waals surface area contributed by atoms with E-state index >= 15 is 57.5 Å². The Bertz CT molecular complexity index is 3250. The average molecular weight is 1040 g/mol. The molecule has 0 saturated heterocycles. The maximum Gasteiger partial charge on any atom is 0.261 e. The average Bonchev–Trinajstić information content (AvgIpc) is 3.48. The summed E-state index contributed by atoms with van der Waals surface area (Å²) in [4.78, 5) is 187. The molecule has 18 nitrogen and oxygen atoms in total. The second-order valence-corrected chi connectivity index (χ2v) is 22.4. The smallest absolute Gasteiger partial charge is 0.261 e. The van der Waals surface area contributed by atoms with Gasteiger partial charge in [0, 0.05) is 99.1 Å². The summed E-state index contributed by atoms with van der Waals surface area (Å²) < 4.78 is 0. The molecule has 384 valence electrons. The second-order valence-electron chi connectivity index (χ2n) is 22.4. The van der Waals surface area contributed by atoms with Gasteiger partial charge >= 0.3 is 0 Å². The Hall–Kier alpha value is -9.06. The van der Waals surface area contributed by atoms with Gasteiger partial charge in [-0.1, -0.05) is 38.5 Å². The van der Waals surface area contributed by atoms with Crippen molar-refractivity contribution in [3.8, 4) is 0 Å². The van der Waals surface area contributed by atoms with E-state index in [-0.39, 0.29) is 138 Å². The van der Waals surface area contributed by atoms with Gasteiger partial charge in [-0.2, -0.15) is 0 Å². The number of amides is 12. The molecule has 0 N–H and O–H groups in total. The highest BCUT2D eigenvalue weighted by Gasteiger charge is 2.54. The number of rotatable bonds is 0. The quantitative estimate of drug-likeness (QED) is 0.139. The van der Waals surface area contributed by atoms with E-state index in [1.165, 1.54) is 72.8 Å². The Kier molecular flexibility index (Phi) is 8.87. The number of benzene rings is 6. The molecule has 3 fully saturated rings. The van der Waals surface area contributed by atoms with Crippen LogP contribution in [-0.2, 0) is 0 Å². The number of imide groups is 6. The van der Waals surface area contributed by atoms with E-state index in [0.29, 0.717) is 38.5 Å². The molecule has 6 atom stereocenters. The number of nitrogens with zero attached hydrogens (tertiary/aromatic N) is 6. The Balaban J connectivity index is 0.894. The summed E-state index contributed by atoms with van der Waals surface area (Å²) in [6.45, 7) is 0. The summed E-state index contributed by atoms with van der Waals surface area (Å²) in [6, 6.07) is 11.3. The van der Waals surface area contributed by atoms with Crippen molar-refractivity contribution in [3.63, 3.8) is 0 Å². The van der Waals surface area contributed by atoms with Gasteiger partial charge in [-0.25, -0.2) is 0 Å². The zero-order valence-electron chi connectivity index (χ0n) is 41.5. The summed E-state index contributed by atoms with van der Waals surface area (Å²) in [5.74, 6) is -8.74. The first-order valence-electron chi connectivity index (χ1n) is 26.8. The Labute approximate surface area is 441 Å². The zero-order chi connectivity index (χ0) is 53.2. The van der Waals surface area contributed by atoms with Gasteiger partial charge < -0.3 is 0 Å². The summed E-state index contributed by atoms with van der Waals surface area (Å²) in [7, 11) is 0. The van der Waals surface area contributed by atoms with Gasteiger partial charge in [0.25, 0.3) is 70.9 Å². The molecule has 12 amide bonds. The van der Waals surface area contributed by atoms with Crippen molar-refractivity contribution in [1.29, 1.82) is 0 Å². The van der Waals surface area contributed by atoms with Crippen LogP contribution < -0.4 is 0 Å². The third-order valence-electron chi connectivity index (χ3n) is 18.9. The van der Waals surface area contributed by atoms with Gasteiger partial charge in [-0.05, 0) is 111 Å². The van der Waals surface area contributed by atoms with E-state index in [4.69, 9.17) is 0 Å². The lowest BCUT2D eigenvalue weighted by molar-refractivity contribution is 0.0234. The fraction of sp³-hybridized carbons (Fsp3) is 0.300. The highest BCUT2D eigenvalue weighted by atomic mass is 16.2. The molecule has 0 unspecified atom stereocenters. The summed E-state index contributed by atoms with van der Waals surface area (Å²) >= 11 is 0. The number of hydrogen-bond acceptors (Lipinski definition) is 12. The van der Waals surface area contributed by atoms with E-state index in [1.807, 2.05) is 0 Å². The van der Waals surface area contributed by atoms with Gasteiger partial charge in [0.05, 0.1) is 36.3 Å². The van der Waals surface area contributed by atoms with Crippen LogP contribution in [0.2, 0.25) is 0 Å². The molecular weight excluding hydrogens is 997 g/mol. The number of carbonyl (C=O) groups is 12. The Morgan fingerprint density at radius 3 is 0.397 bits per heavy atom. The van der Waals surface area contributed by atoms with Crippen molar-refractivity contribution in [3.05, 3.63) is 140 Å². The van der Waals surface area contributed by atoms with E-state index in [2.05, 4.69) is 0 Å². The van der Waals surface area contributed by atoms with Crippen LogP contribution in [-0.4, -0.2) is 137 Å². The normalized spacial score (nSPS) is 26.0. The lowest BCUT2D eigenvalue weighted by atomic mass is 9.79. The standard InChI is InChI=1S/C60H42N6O12/c67-49-25-13-15-29-45-30-16-14-26(43(25)45)50(68)61(49)37-7-1-2-8-38(37)62-51(69)27-17-19-31-46-32(20-18-28(44(27)46)52(62)70)56(74)64(55(31)73)41-11-5-6-12-42(41)66-59(77)35-23-21-33-47-34(22-24-36(48(35)47)60(66)78)58(76)65(57(33)75)40-10-4-3-9-39(40)63(53(29)71)54(30)72/h13-24,37-42H,1-12H2/t37-,38-,39-,40-,41-,42-/m0/s1. The first-order valence-corrected chi connectivity index (χ1v) is 26.8. The lowest BCUT2D eigenvalue weighted by Crippen LogP contribution is -2.62. The largest absolute Gasteiger partial charge is 0.269 e. The monoisotopic (exact) mass is 1040 g/mol. The van der Waals surface area contributed by atoms with Crippen LogP contribution in [0, 0.1) is 0 Å². The van der Waals surface area contributed by atoms with Crippen LogP contribution in [0.5, 0.6) is 0 Å². The highest BCUT2D eigenvalue weighted by Crippen LogP contribution is 2.48. The van der Waals surface area contributed by atoms with Crippen LogP contribution in [0.1, 0.15) is 201 Å².